The lowest BCUT2D eigenvalue weighted by molar-refractivity contribution is -0.131. The number of nitrogens with zero attached hydrogens (tertiary/aromatic N) is 2. The first-order chi connectivity index (χ1) is 9.25. The quantitative estimate of drug-likeness (QED) is 0.779. The van der Waals surface area contributed by atoms with Crippen LogP contribution in [-0.4, -0.2) is 28.6 Å². The van der Waals surface area contributed by atoms with Gasteiger partial charge in [-0.3, -0.25) is 9.69 Å². The molecule has 2 heterocycles. The number of likely N-dealkylation sites (N-methyl/N-ethyl adjacent to an activating group) is 1. The summed E-state index contributed by atoms with van der Waals surface area (Å²) < 4.78 is 0.887. The molecular formula is C14H16BrN3OS. The number of carbonyl (C=O) groups is 1. The number of hydrogen-bond donors (Lipinski definition) is 1. The first-order valence-corrected chi connectivity index (χ1v) is 7.99. The van der Waals surface area contributed by atoms with E-state index in [0.717, 1.165) is 14.9 Å². The lowest BCUT2D eigenvalue weighted by Crippen LogP contribution is -2.45. The smallest absolute Gasteiger partial charge is 0.261 e. The average molecular weight is 354 g/mol. The predicted octanol–water partition coefficient (Wildman–Crippen LogP) is 2.71. The summed E-state index contributed by atoms with van der Waals surface area (Å²) in [6, 6.07) is 6.03. The SMILES string of the molecule is CN1C(=O)C2(CC(C)(C)Sc3ccc(Br)cc32)N=C1N. The number of fused-ring (bicyclic) bond motifs is 2. The summed E-state index contributed by atoms with van der Waals surface area (Å²) in [5, 5.41) is 0. The molecule has 1 unspecified atom stereocenters. The van der Waals surface area contributed by atoms with Crippen LogP contribution in [-0.2, 0) is 10.3 Å². The summed E-state index contributed by atoms with van der Waals surface area (Å²) in [7, 11) is 1.68. The predicted molar refractivity (Wildman–Crippen MR) is 84.8 cm³/mol. The molecular weight excluding hydrogens is 338 g/mol. The van der Waals surface area contributed by atoms with Gasteiger partial charge in [-0.2, -0.15) is 0 Å². The summed E-state index contributed by atoms with van der Waals surface area (Å²) in [5.74, 6) is 0.256. The van der Waals surface area contributed by atoms with Crippen molar-refractivity contribution in [1.29, 1.82) is 0 Å². The number of hydrogen-bond acceptors (Lipinski definition) is 4. The Hall–Kier alpha value is -1.01. The van der Waals surface area contributed by atoms with E-state index in [-0.39, 0.29) is 10.7 Å². The highest BCUT2D eigenvalue weighted by molar-refractivity contribution is 9.10. The Balaban J connectivity index is 2.27. The summed E-state index contributed by atoms with van der Waals surface area (Å²) in [5.41, 5.74) is 5.98. The van der Waals surface area contributed by atoms with Crippen molar-refractivity contribution in [2.24, 2.45) is 10.7 Å². The van der Waals surface area contributed by atoms with E-state index in [1.807, 2.05) is 18.2 Å². The summed E-state index contributed by atoms with van der Waals surface area (Å²) in [4.78, 5) is 19.9. The van der Waals surface area contributed by atoms with Crippen LogP contribution >= 0.6 is 27.7 Å². The molecule has 1 spiro atoms. The zero-order valence-corrected chi connectivity index (χ0v) is 14.0. The molecule has 0 aromatic heterocycles. The molecule has 4 nitrogen and oxygen atoms in total. The third kappa shape index (κ3) is 1.89. The number of guanidine groups is 1. The van der Waals surface area contributed by atoms with Crippen LogP contribution in [0.15, 0.2) is 32.6 Å². The monoisotopic (exact) mass is 353 g/mol. The van der Waals surface area contributed by atoms with E-state index < -0.39 is 5.54 Å². The van der Waals surface area contributed by atoms with Crippen LogP contribution in [0.2, 0.25) is 0 Å². The van der Waals surface area contributed by atoms with Crippen molar-refractivity contribution >= 4 is 39.6 Å². The molecule has 2 aliphatic rings. The second kappa shape index (κ2) is 4.24. The molecule has 0 bridgehead atoms. The highest BCUT2D eigenvalue weighted by Crippen LogP contribution is 2.54. The lowest BCUT2D eigenvalue weighted by Gasteiger charge is -2.40. The summed E-state index contributed by atoms with van der Waals surface area (Å²) in [6.07, 6.45) is 0.651. The van der Waals surface area contributed by atoms with Crippen LogP contribution in [0.1, 0.15) is 25.8 Å². The van der Waals surface area contributed by atoms with Gasteiger partial charge in [-0.25, -0.2) is 4.99 Å². The van der Waals surface area contributed by atoms with Crippen LogP contribution in [0, 0.1) is 0 Å². The van der Waals surface area contributed by atoms with Gasteiger partial charge in [0.2, 0.25) is 0 Å². The molecule has 0 fully saturated rings. The van der Waals surface area contributed by atoms with Crippen LogP contribution in [0.5, 0.6) is 0 Å². The Morgan fingerprint density at radius 1 is 1.45 bits per heavy atom. The third-order valence-corrected chi connectivity index (χ3v) is 5.53. The molecule has 2 N–H and O–H groups in total. The maximum Gasteiger partial charge on any atom is 0.261 e. The fourth-order valence-electron chi connectivity index (χ4n) is 2.95. The average Bonchev–Trinajstić information content (AvgIpc) is 2.55. The van der Waals surface area contributed by atoms with E-state index in [9.17, 15) is 4.79 Å². The van der Waals surface area contributed by atoms with E-state index in [2.05, 4.69) is 34.8 Å². The number of rotatable bonds is 0. The van der Waals surface area contributed by atoms with E-state index in [0.29, 0.717) is 12.4 Å². The molecule has 1 aromatic rings. The summed E-state index contributed by atoms with van der Waals surface area (Å²) in [6.45, 7) is 4.28. The molecule has 0 saturated carbocycles. The fraction of sp³-hybridized carbons (Fsp3) is 0.429. The molecule has 0 saturated heterocycles. The molecule has 2 aliphatic heterocycles. The number of aliphatic imine (C=N–C) groups is 1. The molecule has 1 aromatic carbocycles. The molecule has 1 amide bonds. The standard InChI is InChI=1S/C14H16BrN3OS/c1-13(2)7-14(11(19)18(3)12(16)17-14)9-6-8(15)4-5-10(9)20-13/h4-6H,7H2,1-3H3,(H2,16,17). The van der Waals surface area contributed by atoms with Gasteiger partial charge in [0.05, 0.1) is 0 Å². The van der Waals surface area contributed by atoms with Crippen molar-refractivity contribution in [3.63, 3.8) is 0 Å². The highest BCUT2D eigenvalue weighted by atomic mass is 79.9. The maximum absolute atomic E-state index is 12.8. The second-order valence-corrected chi connectivity index (χ2v) is 8.54. The third-order valence-electron chi connectivity index (χ3n) is 3.76. The Labute approximate surface area is 130 Å². The molecule has 20 heavy (non-hydrogen) atoms. The van der Waals surface area contributed by atoms with Gasteiger partial charge in [0, 0.05) is 33.1 Å². The number of nitrogens with two attached hydrogens (primary N) is 1. The molecule has 106 valence electrons. The second-order valence-electron chi connectivity index (χ2n) is 5.87. The lowest BCUT2D eigenvalue weighted by atomic mass is 9.81. The number of thioether (sulfide) groups is 1. The van der Waals surface area contributed by atoms with Gasteiger partial charge >= 0.3 is 0 Å². The topological polar surface area (TPSA) is 58.7 Å². The highest BCUT2D eigenvalue weighted by Gasteiger charge is 2.54. The minimum atomic E-state index is -0.868. The van der Waals surface area contributed by atoms with E-state index in [1.165, 1.54) is 4.90 Å². The van der Waals surface area contributed by atoms with Gasteiger partial charge in [0.15, 0.2) is 11.5 Å². The van der Waals surface area contributed by atoms with Gasteiger partial charge < -0.3 is 5.73 Å². The molecule has 3 rings (SSSR count). The zero-order chi connectivity index (χ0) is 14.7. The van der Waals surface area contributed by atoms with Gasteiger partial charge in [-0.1, -0.05) is 29.8 Å². The van der Waals surface area contributed by atoms with Crippen molar-refractivity contribution in [1.82, 2.24) is 4.90 Å². The van der Waals surface area contributed by atoms with Crippen LogP contribution in [0.3, 0.4) is 0 Å². The first-order valence-electron chi connectivity index (χ1n) is 6.38. The molecule has 1 atom stereocenters. The van der Waals surface area contributed by atoms with Crippen molar-refractivity contribution < 1.29 is 4.79 Å². The van der Waals surface area contributed by atoms with Gasteiger partial charge in [0.1, 0.15) is 0 Å². The van der Waals surface area contributed by atoms with Gasteiger partial charge in [0.25, 0.3) is 5.91 Å². The van der Waals surface area contributed by atoms with E-state index in [4.69, 9.17) is 5.73 Å². The first kappa shape index (κ1) is 13.9. The minimum absolute atomic E-state index is 0.0391. The summed E-state index contributed by atoms with van der Waals surface area (Å²) >= 11 is 5.27. The number of carbonyl (C=O) groups excluding carboxylic acids is 1. The van der Waals surface area contributed by atoms with Crippen molar-refractivity contribution in [2.45, 2.75) is 35.4 Å². The minimum Gasteiger partial charge on any atom is -0.369 e. The van der Waals surface area contributed by atoms with E-state index >= 15 is 0 Å². The Kier molecular flexibility index (Phi) is 2.96. The fourth-order valence-corrected chi connectivity index (χ4v) is 4.66. The number of amides is 1. The van der Waals surface area contributed by atoms with Crippen LogP contribution < -0.4 is 5.73 Å². The molecule has 0 aliphatic carbocycles. The normalized spacial score (nSPS) is 27.7. The van der Waals surface area contributed by atoms with Crippen molar-refractivity contribution in [3.05, 3.63) is 28.2 Å². The van der Waals surface area contributed by atoms with Crippen molar-refractivity contribution in [3.8, 4) is 0 Å². The Morgan fingerprint density at radius 3 is 2.75 bits per heavy atom. The molecule has 0 radical (unpaired) electrons. The van der Waals surface area contributed by atoms with Gasteiger partial charge in [-0.15, -0.1) is 11.8 Å². The Morgan fingerprint density at radius 2 is 2.15 bits per heavy atom. The van der Waals surface area contributed by atoms with Gasteiger partial charge in [-0.05, 0) is 18.2 Å². The largest absolute Gasteiger partial charge is 0.369 e. The molecule has 6 heteroatoms. The number of halogens is 1. The Bertz CT molecular complexity index is 643. The zero-order valence-electron chi connectivity index (χ0n) is 11.6. The van der Waals surface area contributed by atoms with Crippen LogP contribution in [0.4, 0.5) is 0 Å². The van der Waals surface area contributed by atoms with Crippen LogP contribution in [0.25, 0.3) is 0 Å². The van der Waals surface area contributed by atoms with E-state index in [1.54, 1.807) is 18.8 Å². The number of benzene rings is 1. The maximum atomic E-state index is 12.8. The van der Waals surface area contributed by atoms with Crippen molar-refractivity contribution in [2.75, 3.05) is 7.05 Å².